The van der Waals surface area contributed by atoms with Crippen molar-refractivity contribution < 1.29 is 13.5 Å². The number of thiophene rings is 1. The molecular formula is C11H10ClNO3S2. The van der Waals surface area contributed by atoms with Gasteiger partial charge in [0.15, 0.2) is 0 Å². The van der Waals surface area contributed by atoms with E-state index in [9.17, 15) is 13.5 Å². The van der Waals surface area contributed by atoms with Gasteiger partial charge in [0.05, 0.1) is 10.7 Å². The van der Waals surface area contributed by atoms with Crippen molar-refractivity contribution in [1.82, 2.24) is 0 Å². The van der Waals surface area contributed by atoms with Gasteiger partial charge in [-0.25, -0.2) is 8.42 Å². The van der Waals surface area contributed by atoms with Crippen molar-refractivity contribution in [3.8, 4) is 5.75 Å². The lowest BCUT2D eigenvalue weighted by molar-refractivity contribution is 0.475. The Labute approximate surface area is 114 Å². The third kappa shape index (κ3) is 2.77. The van der Waals surface area contributed by atoms with Gasteiger partial charge in [-0.1, -0.05) is 11.6 Å². The molecule has 7 heteroatoms. The summed E-state index contributed by atoms with van der Waals surface area (Å²) in [5.41, 5.74) is 0.309. The average Bonchev–Trinajstić information content (AvgIpc) is 2.71. The van der Waals surface area contributed by atoms with Crippen LogP contribution in [0.25, 0.3) is 0 Å². The first-order valence-electron chi connectivity index (χ1n) is 4.96. The zero-order chi connectivity index (χ0) is 13.3. The van der Waals surface area contributed by atoms with Crippen LogP contribution in [-0.2, 0) is 10.0 Å². The van der Waals surface area contributed by atoms with Gasteiger partial charge in [-0.05, 0) is 37.3 Å². The number of hydrogen-bond acceptors (Lipinski definition) is 4. The van der Waals surface area contributed by atoms with E-state index >= 15 is 0 Å². The summed E-state index contributed by atoms with van der Waals surface area (Å²) in [6.45, 7) is 1.83. The largest absolute Gasteiger partial charge is 0.506 e. The summed E-state index contributed by atoms with van der Waals surface area (Å²) >= 11 is 6.90. The van der Waals surface area contributed by atoms with Crippen molar-refractivity contribution in [2.75, 3.05) is 4.72 Å². The standard InChI is InChI=1S/C11H10ClNO3S2/c1-7-2-5-11(17-7)18(15,16)13-8-3-4-10(14)9(12)6-8/h2-6,13-14H,1H3. The summed E-state index contributed by atoms with van der Waals surface area (Å²) in [5, 5.41) is 9.35. The topological polar surface area (TPSA) is 66.4 Å². The fourth-order valence-corrected chi connectivity index (χ4v) is 3.85. The van der Waals surface area contributed by atoms with E-state index in [0.717, 1.165) is 4.88 Å². The number of aryl methyl sites for hydroxylation is 1. The van der Waals surface area contributed by atoms with Crippen LogP contribution in [0.5, 0.6) is 5.75 Å². The average molecular weight is 304 g/mol. The third-order valence-electron chi connectivity index (χ3n) is 2.18. The van der Waals surface area contributed by atoms with Gasteiger partial charge < -0.3 is 5.11 Å². The molecule has 0 amide bonds. The van der Waals surface area contributed by atoms with Crippen molar-refractivity contribution in [2.24, 2.45) is 0 Å². The van der Waals surface area contributed by atoms with Gasteiger partial charge >= 0.3 is 0 Å². The van der Waals surface area contributed by atoms with Gasteiger partial charge in [-0.15, -0.1) is 11.3 Å². The van der Waals surface area contributed by atoms with Gasteiger partial charge in [-0.3, -0.25) is 4.72 Å². The van der Waals surface area contributed by atoms with Gasteiger partial charge in [0.1, 0.15) is 9.96 Å². The summed E-state index contributed by atoms with van der Waals surface area (Å²) < 4.78 is 26.7. The quantitative estimate of drug-likeness (QED) is 0.856. The summed E-state index contributed by atoms with van der Waals surface area (Å²) in [7, 11) is -3.59. The summed E-state index contributed by atoms with van der Waals surface area (Å²) in [6, 6.07) is 7.42. The zero-order valence-electron chi connectivity index (χ0n) is 9.34. The Balaban J connectivity index is 2.30. The van der Waals surface area contributed by atoms with Crippen LogP contribution in [0.1, 0.15) is 4.88 Å². The molecule has 0 radical (unpaired) electrons. The molecule has 0 bridgehead atoms. The maximum absolute atomic E-state index is 12.0. The number of benzene rings is 1. The molecule has 18 heavy (non-hydrogen) atoms. The molecule has 0 fully saturated rings. The molecule has 0 unspecified atom stereocenters. The minimum absolute atomic E-state index is 0.0911. The first kappa shape index (κ1) is 13.2. The smallest absolute Gasteiger partial charge is 0.271 e. The van der Waals surface area contributed by atoms with Gasteiger partial charge in [0.25, 0.3) is 10.0 Å². The lowest BCUT2D eigenvalue weighted by Gasteiger charge is -2.07. The van der Waals surface area contributed by atoms with Gasteiger partial charge in [-0.2, -0.15) is 0 Å². The van der Waals surface area contributed by atoms with Crippen LogP contribution in [0.15, 0.2) is 34.5 Å². The van der Waals surface area contributed by atoms with Crippen LogP contribution in [0.3, 0.4) is 0 Å². The van der Waals surface area contributed by atoms with Crippen molar-refractivity contribution in [1.29, 1.82) is 0 Å². The number of nitrogens with one attached hydrogen (secondary N) is 1. The zero-order valence-corrected chi connectivity index (χ0v) is 11.7. The predicted molar refractivity (Wildman–Crippen MR) is 73.0 cm³/mol. The fraction of sp³-hybridized carbons (Fsp3) is 0.0909. The molecule has 2 aromatic rings. The molecule has 2 N–H and O–H groups in total. The normalized spacial score (nSPS) is 11.4. The molecule has 4 nitrogen and oxygen atoms in total. The SMILES string of the molecule is Cc1ccc(S(=O)(=O)Nc2ccc(O)c(Cl)c2)s1. The molecule has 1 heterocycles. The van der Waals surface area contributed by atoms with Gasteiger partial charge in [0.2, 0.25) is 0 Å². The van der Waals surface area contributed by atoms with E-state index in [1.807, 2.05) is 6.92 Å². The molecule has 2 rings (SSSR count). The molecule has 1 aromatic heterocycles. The first-order valence-corrected chi connectivity index (χ1v) is 7.64. The molecule has 0 saturated carbocycles. The van der Waals surface area contributed by atoms with Crippen LogP contribution in [0.2, 0.25) is 5.02 Å². The molecule has 0 aliphatic heterocycles. The van der Waals surface area contributed by atoms with E-state index in [0.29, 0.717) is 5.69 Å². The predicted octanol–water partition coefficient (Wildman–Crippen LogP) is 3.22. The number of aromatic hydroxyl groups is 1. The molecule has 96 valence electrons. The van der Waals surface area contributed by atoms with E-state index in [1.165, 1.54) is 29.5 Å². The Hall–Kier alpha value is -1.24. The minimum atomic E-state index is -3.59. The number of anilines is 1. The Morgan fingerprint density at radius 2 is 2.00 bits per heavy atom. The Kier molecular flexibility index (Phi) is 3.52. The van der Waals surface area contributed by atoms with E-state index in [1.54, 1.807) is 12.1 Å². The number of hydrogen-bond donors (Lipinski definition) is 2. The lowest BCUT2D eigenvalue weighted by Crippen LogP contribution is -2.11. The highest BCUT2D eigenvalue weighted by Gasteiger charge is 2.16. The first-order chi connectivity index (χ1) is 8.38. The molecule has 0 spiro atoms. The van der Waals surface area contributed by atoms with Crippen LogP contribution in [0.4, 0.5) is 5.69 Å². The van der Waals surface area contributed by atoms with Gasteiger partial charge in [0, 0.05) is 4.88 Å². The van der Waals surface area contributed by atoms with E-state index in [-0.39, 0.29) is 15.0 Å². The molecule has 1 aromatic carbocycles. The number of rotatable bonds is 3. The Morgan fingerprint density at radius 3 is 2.56 bits per heavy atom. The Morgan fingerprint density at radius 1 is 1.28 bits per heavy atom. The number of phenols is 1. The fourth-order valence-electron chi connectivity index (χ4n) is 1.33. The highest BCUT2D eigenvalue weighted by atomic mass is 35.5. The molecule has 0 atom stereocenters. The highest BCUT2D eigenvalue weighted by molar-refractivity contribution is 7.94. The molecule has 0 saturated heterocycles. The third-order valence-corrected chi connectivity index (χ3v) is 5.36. The van der Waals surface area contributed by atoms with E-state index in [2.05, 4.69) is 4.72 Å². The summed E-state index contributed by atoms with van der Waals surface area (Å²) in [5.74, 6) is -0.0911. The molecule has 0 aliphatic carbocycles. The Bertz CT molecular complexity index is 679. The van der Waals surface area contributed by atoms with Crippen molar-refractivity contribution in [2.45, 2.75) is 11.1 Å². The van der Waals surface area contributed by atoms with Crippen LogP contribution in [-0.4, -0.2) is 13.5 Å². The summed E-state index contributed by atoms with van der Waals surface area (Å²) in [4.78, 5) is 0.916. The second-order valence-electron chi connectivity index (χ2n) is 3.64. The van der Waals surface area contributed by atoms with Crippen LogP contribution >= 0.6 is 22.9 Å². The van der Waals surface area contributed by atoms with Crippen LogP contribution in [0, 0.1) is 6.92 Å². The van der Waals surface area contributed by atoms with Crippen LogP contribution < -0.4 is 4.72 Å². The van der Waals surface area contributed by atoms with Crippen molar-refractivity contribution >= 4 is 38.6 Å². The maximum Gasteiger partial charge on any atom is 0.271 e. The van der Waals surface area contributed by atoms with E-state index < -0.39 is 10.0 Å². The molecular weight excluding hydrogens is 294 g/mol. The lowest BCUT2D eigenvalue weighted by atomic mass is 10.3. The number of halogens is 1. The highest BCUT2D eigenvalue weighted by Crippen LogP contribution is 2.28. The minimum Gasteiger partial charge on any atom is -0.506 e. The summed E-state index contributed by atoms with van der Waals surface area (Å²) in [6.07, 6.45) is 0. The van der Waals surface area contributed by atoms with Crippen molar-refractivity contribution in [3.05, 3.63) is 40.2 Å². The number of phenolic OH excluding ortho intramolecular Hbond substituents is 1. The maximum atomic E-state index is 12.0. The monoisotopic (exact) mass is 303 g/mol. The second kappa shape index (κ2) is 4.79. The van der Waals surface area contributed by atoms with Crippen molar-refractivity contribution in [3.63, 3.8) is 0 Å². The second-order valence-corrected chi connectivity index (χ2v) is 7.24. The van der Waals surface area contributed by atoms with E-state index in [4.69, 9.17) is 11.6 Å². The number of sulfonamides is 1. The molecule has 0 aliphatic rings.